The fourth-order valence-electron chi connectivity index (χ4n) is 4.19. The minimum Gasteiger partial charge on any atom is -0.473 e. The van der Waals surface area contributed by atoms with Crippen LogP contribution in [0.25, 0.3) is 11.2 Å². The lowest BCUT2D eigenvalue weighted by Crippen LogP contribution is -2.37. The monoisotopic (exact) mass is 512 g/mol. The summed E-state index contributed by atoms with van der Waals surface area (Å²) in [4.78, 5) is 34.5. The van der Waals surface area contributed by atoms with Gasteiger partial charge in [-0.15, -0.1) is 11.3 Å². The van der Waals surface area contributed by atoms with Crippen molar-refractivity contribution in [3.63, 3.8) is 0 Å². The summed E-state index contributed by atoms with van der Waals surface area (Å²) in [6.45, 7) is 4.97. The molecule has 0 aromatic carbocycles. The molecule has 1 saturated heterocycles. The molecule has 12 heteroatoms. The number of hydrogen-bond donors (Lipinski definition) is 3. The van der Waals surface area contributed by atoms with E-state index in [4.69, 9.17) is 29.2 Å². The summed E-state index contributed by atoms with van der Waals surface area (Å²) >= 11 is 1.65. The van der Waals surface area contributed by atoms with Gasteiger partial charge in [-0.3, -0.25) is 0 Å². The summed E-state index contributed by atoms with van der Waals surface area (Å²) in [5.41, 5.74) is 1.90. The van der Waals surface area contributed by atoms with Gasteiger partial charge in [0.2, 0.25) is 0 Å². The maximum atomic E-state index is 9.10. The van der Waals surface area contributed by atoms with Crippen LogP contribution in [0.5, 0.6) is 0 Å². The van der Waals surface area contributed by atoms with Crippen molar-refractivity contribution in [1.29, 1.82) is 0 Å². The Kier molecular flexibility index (Phi) is 8.63. The number of nitrogens with zero attached hydrogens (tertiary/aromatic N) is 5. The molecule has 0 aliphatic carbocycles. The SMILES string of the molecule is O=C(O)C(=O)O.c1coc(Cn2c(CC3CCN(CCNc4nccs4)CC3)nc3cccnc32)c1. The highest BCUT2D eigenvalue weighted by atomic mass is 32.1. The van der Waals surface area contributed by atoms with Gasteiger partial charge < -0.3 is 29.4 Å². The Hall–Kier alpha value is -3.77. The number of aromatic nitrogens is 4. The number of imidazole rings is 1. The van der Waals surface area contributed by atoms with Gasteiger partial charge in [-0.05, 0) is 56.1 Å². The Morgan fingerprint density at radius 2 is 1.92 bits per heavy atom. The van der Waals surface area contributed by atoms with E-state index in [0.717, 1.165) is 60.5 Å². The Morgan fingerprint density at radius 3 is 2.58 bits per heavy atom. The third kappa shape index (κ3) is 6.89. The van der Waals surface area contributed by atoms with Crippen LogP contribution in [0.4, 0.5) is 5.13 Å². The van der Waals surface area contributed by atoms with E-state index < -0.39 is 11.9 Å². The summed E-state index contributed by atoms with van der Waals surface area (Å²) in [6.07, 6.45) is 8.80. The number of carbonyl (C=O) groups is 2. The molecule has 190 valence electrons. The number of anilines is 1. The van der Waals surface area contributed by atoms with Crippen LogP contribution in [0.1, 0.15) is 24.4 Å². The molecule has 0 spiro atoms. The molecule has 0 bridgehead atoms. The van der Waals surface area contributed by atoms with Gasteiger partial charge in [0, 0.05) is 37.3 Å². The molecule has 36 heavy (non-hydrogen) atoms. The quantitative estimate of drug-likeness (QED) is 0.301. The number of carboxylic acids is 2. The van der Waals surface area contributed by atoms with Crippen molar-refractivity contribution in [2.45, 2.75) is 25.8 Å². The van der Waals surface area contributed by atoms with Crippen molar-refractivity contribution in [3.05, 3.63) is 59.9 Å². The number of thiazole rings is 1. The summed E-state index contributed by atoms with van der Waals surface area (Å²) < 4.78 is 7.81. The first-order valence-corrected chi connectivity index (χ1v) is 12.5. The largest absolute Gasteiger partial charge is 0.473 e. The van der Waals surface area contributed by atoms with Crippen LogP contribution < -0.4 is 5.32 Å². The minimum atomic E-state index is -1.82. The van der Waals surface area contributed by atoms with Gasteiger partial charge in [0.05, 0.1) is 12.8 Å². The summed E-state index contributed by atoms with van der Waals surface area (Å²) in [6, 6.07) is 7.94. The van der Waals surface area contributed by atoms with Gasteiger partial charge in [-0.25, -0.2) is 24.5 Å². The molecule has 5 heterocycles. The van der Waals surface area contributed by atoms with Crippen molar-refractivity contribution in [2.75, 3.05) is 31.5 Å². The molecular weight excluding hydrogens is 484 g/mol. The zero-order valence-corrected chi connectivity index (χ0v) is 20.4. The lowest BCUT2D eigenvalue weighted by molar-refractivity contribution is -0.159. The lowest BCUT2D eigenvalue weighted by Gasteiger charge is -2.31. The van der Waals surface area contributed by atoms with Gasteiger partial charge in [0.1, 0.15) is 17.1 Å². The van der Waals surface area contributed by atoms with E-state index in [-0.39, 0.29) is 0 Å². The van der Waals surface area contributed by atoms with Crippen LogP contribution >= 0.6 is 11.3 Å². The van der Waals surface area contributed by atoms with Crippen LogP contribution in [-0.2, 0) is 22.6 Å². The van der Waals surface area contributed by atoms with Gasteiger partial charge in [0.25, 0.3) is 0 Å². The number of pyridine rings is 1. The molecule has 0 unspecified atom stereocenters. The molecule has 0 atom stereocenters. The second-order valence-electron chi connectivity index (χ2n) is 8.40. The van der Waals surface area contributed by atoms with Gasteiger partial charge in [-0.1, -0.05) is 0 Å². The average molecular weight is 513 g/mol. The first kappa shape index (κ1) is 25.3. The van der Waals surface area contributed by atoms with Gasteiger partial charge in [-0.2, -0.15) is 0 Å². The van der Waals surface area contributed by atoms with Crippen LogP contribution in [0.3, 0.4) is 0 Å². The van der Waals surface area contributed by atoms with E-state index in [9.17, 15) is 0 Å². The topological polar surface area (TPSA) is 147 Å². The van der Waals surface area contributed by atoms with E-state index in [1.165, 1.54) is 12.8 Å². The van der Waals surface area contributed by atoms with Crippen molar-refractivity contribution in [2.24, 2.45) is 5.92 Å². The Balaban J connectivity index is 0.000000455. The van der Waals surface area contributed by atoms with E-state index in [0.29, 0.717) is 12.5 Å². The third-order valence-electron chi connectivity index (χ3n) is 5.97. The van der Waals surface area contributed by atoms with Crippen LogP contribution in [0, 0.1) is 5.92 Å². The molecule has 5 rings (SSSR count). The maximum absolute atomic E-state index is 9.10. The van der Waals surface area contributed by atoms with Gasteiger partial charge >= 0.3 is 11.9 Å². The summed E-state index contributed by atoms with van der Waals surface area (Å²) in [5, 5.41) is 21.2. The van der Waals surface area contributed by atoms with Crippen molar-refractivity contribution < 1.29 is 24.2 Å². The fourth-order valence-corrected chi connectivity index (χ4v) is 4.75. The molecular formula is C24H28N6O5S. The third-order valence-corrected chi connectivity index (χ3v) is 6.71. The van der Waals surface area contributed by atoms with E-state index in [1.54, 1.807) is 17.6 Å². The molecule has 1 fully saturated rings. The van der Waals surface area contributed by atoms with Crippen molar-refractivity contribution in [1.82, 2.24) is 24.4 Å². The fraction of sp³-hybridized carbons (Fsp3) is 0.375. The molecule has 0 radical (unpaired) electrons. The van der Waals surface area contributed by atoms with Crippen molar-refractivity contribution >= 4 is 39.6 Å². The molecule has 0 saturated carbocycles. The maximum Gasteiger partial charge on any atom is 0.414 e. The second-order valence-corrected chi connectivity index (χ2v) is 9.30. The number of aliphatic carboxylic acids is 2. The number of nitrogens with one attached hydrogen (secondary N) is 1. The molecule has 1 aliphatic rings. The lowest BCUT2D eigenvalue weighted by atomic mass is 9.93. The summed E-state index contributed by atoms with van der Waals surface area (Å²) in [5.74, 6) is -0.946. The van der Waals surface area contributed by atoms with E-state index in [1.807, 2.05) is 42.0 Å². The smallest absolute Gasteiger partial charge is 0.414 e. The first-order chi connectivity index (χ1) is 17.5. The average Bonchev–Trinajstić information content (AvgIpc) is 3.64. The molecule has 4 aromatic heterocycles. The number of likely N-dealkylation sites (tertiary alicyclic amines) is 1. The van der Waals surface area contributed by atoms with Crippen LogP contribution in [0.2, 0.25) is 0 Å². The molecule has 11 nitrogen and oxygen atoms in total. The normalized spacial score (nSPS) is 14.3. The Morgan fingerprint density at radius 1 is 1.11 bits per heavy atom. The number of rotatable bonds is 8. The Bertz CT molecular complexity index is 1240. The highest BCUT2D eigenvalue weighted by Gasteiger charge is 2.22. The van der Waals surface area contributed by atoms with Crippen molar-refractivity contribution in [3.8, 4) is 0 Å². The number of hydrogen-bond acceptors (Lipinski definition) is 9. The zero-order valence-electron chi connectivity index (χ0n) is 19.6. The molecule has 1 aliphatic heterocycles. The van der Waals surface area contributed by atoms with E-state index in [2.05, 4.69) is 24.8 Å². The standard InChI is InChI=1S/C22H26N6OS.C2H2O4/c1-4-19-21(23-7-1)28(16-18-3-2-13-29-18)20(26-19)15-17-5-10-27(11-6-17)12-8-24-22-25-9-14-30-22;3-1(4)2(5)6/h1-4,7,9,13-14,17H,5-6,8,10-12,15-16H2,(H,24,25);(H,3,4)(H,5,6). The number of furan rings is 1. The predicted molar refractivity (Wildman–Crippen MR) is 134 cm³/mol. The first-order valence-electron chi connectivity index (χ1n) is 11.6. The number of carboxylic acid groups (broad SMARTS) is 2. The highest BCUT2D eigenvalue weighted by Crippen LogP contribution is 2.24. The van der Waals surface area contributed by atoms with Crippen LogP contribution in [-0.4, -0.2) is 72.7 Å². The number of fused-ring (bicyclic) bond motifs is 1. The van der Waals surface area contributed by atoms with Crippen LogP contribution in [0.15, 0.2) is 52.7 Å². The Labute approximate surface area is 211 Å². The molecule has 3 N–H and O–H groups in total. The zero-order chi connectivity index (χ0) is 25.3. The van der Waals surface area contributed by atoms with E-state index >= 15 is 0 Å². The summed E-state index contributed by atoms with van der Waals surface area (Å²) in [7, 11) is 0. The predicted octanol–water partition coefficient (Wildman–Crippen LogP) is 3.05. The highest BCUT2D eigenvalue weighted by molar-refractivity contribution is 7.13. The second kappa shape index (κ2) is 12.3. The minimum absolute atomic E-state index is 0.653. The number of piperidine rings is 1. The molecule has 4 aromatic rings. The molecule has 0 amide bonds. The van der Waals surface area contributed by atoms with Gasteiger partial charge in [0.15, 0.2) is 10.8 Å².